The first-order valence-corrected chi connectivity index (χ1v) is 15.4. The zero-order valence-corrected chi connectivity index (χ0v) is 24.3. The summed E-state index contributed by atoms with van der Waals surface area (Å²) >= 11 is 0. The number of halogens is 4. The Balaban J connectivity index is 1.33. The van der Waals surface area contributed by atoms with E-state index in [0.29, 0.717) is 42.3 Å². The van der Waals surface area contributed by atoms with Crippen LogP contribution in [0.5, 0.6) is 0 Å². The van der Waals surface area contributed by atoms with Gasteiger partial charge in [-0.15, -0.1) is 0 Å². The molecular formula is C29H32F4N6O3S. The minimum absolute atomic E-state index is 0.0588. The Kier molecular flexibility index (Phi) is 8.99. The molecule has 5 rings (SSSR count). The SMILES string of the molecule is CN1CCC(CNc2nc(CNC(=O)[C@@H]3CCCN3S(=O)(=O)c3ccc(F)cc3)cc(-c3ccc(C(F)(F)F)cc3)n2)C1. The fourth-order valence-electron chi connectivity index (χ4n) is 5.40. The van der Waals surface area contributed by atoms with Crippen LogP contribution < -0.4 is 10.6 Å². The van der Waals surface area contributed by atoms with Crippen LogP contribution in [0.1, 0.15) is 30.5 Å². The molecule has 3 aromatic rings. The molecule has 2 fully saturated rings. The van der Waals surface area contributed by atoms with Crippen molar-refractivity contribution in [1.29, 1.82) is 0 Å². The molecule has 14 heteroatoms. The first kappa shape index (κ1) is 30.8. The number of carbonyl (C=O) groups excluding carboxylic acids is 1. The predicted molar refractivity (Wildman–Crippen MR) is 152 cm³/mol. The molecule has 0 radical (unpaired) electrons. The third-order valence-electron chi connectivity index (χ3n) is 7.70. The Morgan fingerprint density at radius 3 is 2.40 bits per heavy atom. The molecule has 1 aromatic heterocycles. The van der Waals surface area contributed by atoms with E-state index in [9.17, 15) is 30.8 Å². The molecule has 2 aliphatic rings. The van der Waals surface area contributed by atoms with Crippen LogP contribution in [0.25, 0.3) is 11.3 Å². The molecular weight excluding hydrogens is 588 g/mol. The van der Waals surface area contributed by atoms with Crippen LogP contribution >= 0.6 is 0 Å². The van der Waals surface area contributed by atoms with Gasteiger partial charge in [0.15, 0.2) is 0 Å². The number of hydrogen-bond donors (Lipinski definition) is 2. The first-order chi connectivity index (χ1) is 20.4. The highest BCUT2D eigenvalue weighted by atomic mass is 32.2. The number of aromatic nitrogens is 2. The van der Waals surface area contributed by atoms with Crippen molar-refractivity contribution >= 4 is 21.9 Å². The number of alkyl halides is 3. The summed E-state index contributed by atoms with van der Waals surface area (Å²) in [5.74, 6) is -0.429. The van der Waals surface area contributed by atoms with Gasteiger partial charge in [0.05, 0.1) is 28.4 Å². The number of amides is 1. The molecule has 0 saturated carbocycles. The normalized spacial score (nSPS) is 19.9. The molecule has 9 nitrogen and oxygen atoms in total. The monoisotopic (exact) mass is 620 g/mol. The standard InChI is InChI=1S/C29H32F4N6O3S/c1-38-14-12-19(18-38)16-35-28-36-23(15-25(37-28)20-4-6-21(7-5-20)29(31,32)33)17-34-27(40)26-3-2-13-39(26)43(41,42)24-10-8-22(30)9-11-24/h4-11,15,19,26H,2-3,12-14,16-18H2,1H3,(H,34,40)(H,35,36,37)/t19?,26-/m0/s1. The average Bonchev–Trinajstić information content (AvgIpc) is 3.64. The maximum absolute atomic E-state index is 13.4. The van der Waals surface area contributed by atoms with Gasteiger partial charge in [-0.1, -0.05) is 12.1 Å². The highest BCUT2D eigenvalue weighted by Gasteiger charge is 2.39. The van der Waals surface area contributed by atoms with Gasteiger partial charge in [-0.3, -0.25) is 4.79 Å². The Labute approximate surface area is 247 Å². The minimum atomic E-state index is -4.47. The molecule has 2 atom stereocenters. The van der Waals surface area contributed by atoms with Crippen molar-refractivity contribution in [3.63, 3.8) is 0 Å². The van der Waals surface area contributed by atoms with Gasteiger partial charge >= 0.3 is 6.18 Å². The molecule has 0 bridgehead atoms. The van der Waals surface area contributed by atoms with Crippen LogP contribution in [0.15, 0.2) is 59.5 Å². The highest BCUT2D eigenvalue weighted by molar-refractivity contribution is 7.89. The van der Waals surface area contributed by atoms with Gasteiger partial charge < -0.3 is 15.5 Å². The Hall–Kier alpha value is -3.62. The van der Waals surface area contributed by atoms with E-state index in [1.807, 2.05) is 7.05 Å². The molecule has 2 aliphatic heterocycles. The van der Waals surface area contributed by atoms with Crippen molar-refractivity contribution in [2.45, 2.75) is 42.9 Å². The second-order valence-electron chi connectivity index (χ2n) is 10.9. The molecule has 0 aliphatic carbocycles. The Morgan fingerprint density at radius 2 is 1.74 bits per heavy atom. The summed E-state index contributed by atoms with van der Waals surface area (Å²) in [6.45, 7) is 2.58. The second-order valence-corrected chi connectivity index (χ2v) is 12.8. The van der Waals surface area contributed by atoms with Gasteiger partial charge in [-0.2, -0.15) is 17.5 Å². The number of carbonyl (C=O) groups is 1. The van der Waals surface area contributed by atoms with Crippen LogP contribution in [0, 0.1) is 11.7 Å². The predicted octanol–water partition coefficient (Wildman–Crippen LogP) is 4.13. The van der Waals surface area contributed by atoms with Crippen molar-refractivity contribution in [1.82, 2.24) is 24.5 Å². The summed E-state index contributed by atoms with van der Waals surface area (Å²) < 4.78 is 80.2. The Morgan fingerprint density at radius 1 is 1.02 bits per heavy atom. The van der Waals surface area contributed by atoms with Gasteiger partial charge in [0, 0.05) is 25.2 Å². The molecule has 0 spiro atoms. The van der Waals surface area contributed by atoms with Crippen LogP contribution in [-0.2, 0) is 27.5 Å². The zero-order chi connectivity index (χ0) is 30.8. The zero-order valence-electron chi connectivity index (χ0n) is 23.4. The lowest BCUT2D eigenvalue weighted by atomic mass is 10.1. The number of hydrogen-bond acceptors (Lipinski definition) is 7. The molecule has 2 N–H and O–H groups in total. The quantitative estimate of drug-likeness (QED) is 0.347. The van der Waals surface area contributed by atoms with E-state index >= 15 is 0 Å². The highest BCUT2D eigenvalue weighted by Crippen LogP contribution is 2.31. The van der Waals surface area contributed by atoms with Crippen LogP contribution in [0.2, 0.25) is 0 Å². The fourth-order valence-corrected chi connectivity index (χ4v) is 7.06. The number of anilines is 1. The molecule has 1 amide bonds. The summed E-state index contributed by atoms with van der Waals surface area (Å²) in [4.78, 5) is 24.4. The van der Waals surface area contributed by atoms with Crippen molar-refractivity contribution in [3.05, 3.63) is 71.7 Å². The number of nitrogens with one attached hydrogen (secondary N) is 2. The molecule has 1 unspecified atom stereocenters. The minimum Gasteiger partial charge on any atom is -0.354 e. The summed E-state index contributed by atoms with van der Waals surface area (Å²) in [5, 5.41) is 5.99. The number of benzene rings is 2. The first-order valence-electron chi connectivity index (χ1n) is 13.9. The number of nitrogens with zero attached hydrogens (tertiary/aromatic N) is 4. The maximum Gasteiger partial charge on any atom is 0.416 e. The van der Waals surface area contributed by atoms with E-state index in [0.717, 1.165) is 48.1 Å². The third-order valence-corrected chi connectivity index (χ3v) is 9.62. The van der Waals surface area contributed by atoms with Crippen LogP contribution in [0.4, 0.5) is 23.5 Å². The van der Waals surface area contributed by atoms with E-state index in [1.165, 1.54) is 24.3 Å². The van der Waals surface area contributed by atoms with Crippen molar-refractivity contribution in [3.8, 4) is 11.3 Å². The fraction of sp³-hybridized carbons (Fsp3) is 0.414. The van der Waals surface area contributed by atoms with E-state index in [2.05, 4.69) is 25.5 Å². The third kappa shape index (κ3) is 7.31. The lowest BCUT2D eigenvalue weighted by Crippen LogP contribution is -2.45. The molecule has 230 valence electrons. The van der Waals surface area contributed by atoms with Crippen LogP contribution in [0.3, 0.4) is 0 Å². The smallest absolute Gasteiger partial charge is 0.354 e. The van der Waals surface area contributed by atoms with Crippen LogP contribution in [-0.4, -0.2) is 72.8 Å². The maximum atomic E-state index is 13.4. The van der Waals surface area contributed by atoms with Crippen molar-refractivity contribution < 1.29 is 30.8 Å². The van der Waals surface area contributed by atoms with Gasteiger partial charge in [-0.25, -0.2) is 22.8 Å². The second kappa shape index (κ2) is 12.5. The molecule has 43 heavy (non-hydrogen) atoms. The lowest BCUT2D eigenvalue weighted by Gasteiger charge is -2.23. The molecule has 3 heterocycles. The summed E-state index contributed by atoms with van der Waals surface area (Å²) in [7, 11) is -1.99. The van der Waals surface area contributed by atoms with Gasteiger partial charge in [0.2, 0.25) is 21.9 Å². The molecule has 2 saturated heterocycles. The van der Waals surface area contributed by atoms with E-state index in [-0.39, 0.29) is 23.9 Å². The molecule has 2 aromatic carbocycles. The van der Waals surface area contributed by atoms with E-state index < -0.39 is 39.5 Å². The van der Waals surface area contributed by atoms with Gasteiger partial charge in [0.1, 0.15) is 11.9 Å². The lowest BCUT2D eigenvalue weighted by molar-refractivity contribution is -0.137. The van der Waals surface area contributed by atoms with Gasteiger partial charge in [-0.05, 0) is 81.2 Å². The number of rotatable bonds is 9. The number of sulfonamides is 1. The number of likely N-dealkylation sites (tertiary alicyclic amines) is 1. The van der Waals surface area contributed by atoms with Crippen molar-refractivity contribution in [2.75, 3.05) is 38.5 Å². The van der Waals surface area contributed by atoms with Gasteiger partial charge in [0.25, 0.3) is 0 Å². The summed E-state index contributed by atoms with van der Waals surface area (Å²) in [6.07, 6.45) is -2.67. The largest absolute Gasteiger partial charge is 0.416 e. The summed E-state index contributed by atoms with van der Waals surface area (Å²) in [6, 6.07) is 9.70. The van der Waals surface area contributed by atoms with Crippen molar-refractivity contribution in [2.24, 2.45) is 5.92 Å². The van der Waals surface area contributed by atoms with E-state index in [4.69, 9.17) is 0 Å². The Bertz CT molecular complexity index is 1550. The van der Waals surface area contributed by atoms with E-state index in [1.54, 1.807) is 6.07 Å². The average molecular weight is 621 g/mol. The topological polar surface area (TPSA) is 108 Å². The summed E-state index contributed by atoms with van der Waals surface area (Å²) in [5.41, 5.74) is 0.438.